The number of halogens is 3. The zero-order valence-corrected chi connectivity index (χ0v) is 12.8. The minimum atomic E-state index is -4.53. The van der Waals surface area contributed by atoms with Crippen LogP contribution in [0.25, 0.3) is 0 Å². The first kappa shape index (κ1) is 17.0. The van der Waals surface area contributed by atoms with Crippen molar-refractivity contribution in [1.29, 1.82) is 0 Å². The molecule has 0 bridgehead atoms. The van der Waals surface area contributed by atoms with Crippen LogP contribution >= 0.6 is 11.3 Å². The van der Waals surface area contributed by atoms with E-state index < -0.39 is 23.6 Å². The minimum Gasteiger partial charge on any atom is -0.462 e. The van der Waals surface area contributed by atoms with E-state index in [9.17, 15) is 22.8 Å². The SMILES string of the molecule is CCOC(=O)c1ccsc1NC(=O)c1cccc(C(F)(F)F)c1. The zero-order valence-electron chi connectivity index (χ0n) is 11.9. The fraction of sp³-hybridized carbons (Fsp3) is 0.200. The molecule has 4 nitrogen and oxygen atoms in total. The van der Waals surface area contributed by atoms with E-state index in [0.29, 0.717) is 0 Å². The maximum Gasteiger partial charge on any atom is 0.416 e. The Morgan fingerprint density at radius 1 is 1.26 bits per heavy atom. The number of amides is 1. The van der Waals surface area contributed by atoms with Crippen molar-refractivity contribution in [3.05, 3.63) is 52.4 Å². The van der Waals surface area contributed by atoms with Gasteiger partial charge in [0.05, 0.1) is 17.7 Å². The highest BCUT2D eigenvalue weighted by Gasteiger charge is 2.31. The number of ether oxygens (including phenoxy) is 1. The molecule has 1 amide bonds. The first-order valence-corrected chi connectivity index (χ1v) is 7.44. The number of carbonyl (C=O) groups is 2. The van der Waals surface area contributed by atoms with E-state index in [1.807, 2.05) is 0 Å². The summed E-state index contributed by atoms with van der Waals surface area (Å²) in [6, 6.07) is 5.53. The van der Waals surface area contributed by atoms with Gasteiger partial charge in [0.1, 0.15) is 5.00 Å². The van der Waals surface area contributed by atoms with Crippen LogP contribution in [0.1, 0.15) is 33.2 Å². The number of thiophene rings is 1. The van der Waals surface area contributed by atoms with Gasteiger partial charge in [0.25, 0.3) is 5.91 Å². The number of hydrogen-bond donors (Lipinski definition) is 1. The van der Waals surface area contributed by atoms with Gasteiger partial charge in [0.15, 0.2) is 0 Å². The molecule has 2 rings (SSSR count). The van der Waals surface area contributed by atoms with Crippen LogP contribution in [0.4, 0.5) is 18.2 Å². The number of anilines is 1. The largest absolute Gasteiger partial charge is 0.462 e. The molecule has 1 aromatic heterocycles. The van der Waals surface area contributed by atoms with E-state index in [1.165, 1.54) is 12.1 Å². The third kappa shape index (κ3) is 4.10. The highest BCUT2D eigenvalue weighted by Crippen LogP contribution is 2.30. The summed E-state index contributed by atoms with van der Waals surface area (Å²) in [5.74, 6) is -1.34. The minimum absolute atomic E-state index is 0.150. The number of hydrogen-bond acceptors (Lipinski definition) is 4. The number of nitrogens with one attached hydrogen (secondary N) is 1. The summed E-state index contributed by atoms with van der Waals surface area (Å²) < 4.78 is 42.9. The maximum absolute atomic E-state index is 12.7. The van der Waals surface area contributed by atoms with Crippen LogP contribution < -0.4 is 5.32 Å². The lowest BCUT2D eigenvalue weighted by atomic mass is 10.1. The van der Waals surface area contributed by atoms with Crippen molar-refractivity contribution in [3.63, 3.8) is 0 Å². The Morgan fingerprint density at radius 3 is 2.65 bits per heavy atom. The highest BCUT2D eigenvalue weighted by molar-refractivity contribution is 7.14. The van der Waals surface area contributed by atoms with E-state index in [4.69, 9.17) is 4.74 Å². The van der Waals surface area contributed by atoms with Gasteiger partial charge in [-0.15, -0.1) is 11.3 Å². The van der Waals surface area contributed by atoms with Gasteiger partial charge in [-0.3, -0.25) is 4.79 Å². The molecule has 1 heterocycles. The van der Waals surface area contributed by atoms with Crippen LogP contribution in [0, 0.1) is 0 Å². The molecule has 0 unspecified atom stereocenters. The third-order valence-corrected chi connectivity index (χ3v) is 3.67. The van der Waals surface area contributed by atoms with E-state index >= 15 is 0 Å². The lowest BCUT2D eigenvalue weighted by Gasteiger charge is -2.09. The number of carbonyl (C=O) groups excluding carboxylic acids is 2. The van der Waals surface area contributed by atoms with Gasteiger partial charge < -0.3 is 10.1 Å². The first-order valence-electron chi connectivity index (χ1n) is 6.56. The van der Waals surface area contributed by atoms with Crippen molar-refractivity contribution in [1.82, 2.24) is 0 Å². The number of esters is 1. The molecule has 1 N–H and O–H groups in total. The fourth-order valence-electron chi connectivity index (χ4n) is 1.79. The molecular weight excluding hydrogens is 331 g/mol. The summed E-state index contributed by atoms with van der Waals surface area (Å²) in [5.41, 5.74) is -0.901. The van der Waals surface area contributed by atoms with E-state index in [-0.39, 0.29) is 22.7 Å². The molecule has 122 valence electrons. The van der Waals surface area contributed by atoms with Crippen molar-refractivity contribution in [3.8, 4) is 0 Å². The van der Waals surface area contributed by atoms with E-state index in [0.717, 1.165) is 29.5 Å². The van der Waals surface area contributed by atoms with Crippen molar-refractivity contribution >= 4 is 28.2 Å². The second-order valence-electron chi connectivity index (χ2n) is 4.42. The van der Waals surface area contributed by atoms with Crippen LogP contribution in [0.5, 0.6) is 0 Å². The van der Waals surface area contributed by atoms with Gasteiger partial charge in [-0.25, -0.2) is 4.79 Å². The van der Waals surface area contributed by atoms with Gasteiger partial charge in [0, 0.05) is 5.56 Å². The predicted octanol–water partition coefficient (Wildman–Crippen LogP) is 4.20. The van der Waals surface area contributed by atoms with Gasteiger partial charge in [-0.1, -0.05) is 6.07 Å². The molecule has 0 saturated carbocycles. The highest BCUT2D eigenvalue weighted by atomic mass is 32.1. The molecule has 0 aliphatic rings. The quantitative estimate of drug-likeness (QED) is 0.847. The van der Waals surface area contributed by atoms with Crippen molar-refractivity contribution in [2.45, 2.75) is 13.1 Å². The lowest BCUT2D eigenvalue weighted by molar-refractivity contribution is -0.137. The molecule has 2 aromatic rings. The molecule has 8 heteroatoms. The normalized spacial score (nSPS) is 11.1. The molecule has 0 radical (unpaired) electrons. The molecule has 0 aliphatic heterocycles. The molecule has 0 aliphatic carbocycles. The fourth-order valence-corrected chi connectivity index (χ4v) is 2.56. The Balaban J connectivity index is 2.21. The Kier molecular flexibility index (Phi) is 5.05. The van der Waals surface area contributed by atoms with Crippen LogP contribution in [-0.2, 0) is 10.9 Å². The first-order chi connectivity index (χ1) is 10.8. The van der Waals surface area contributed by atoms with Gasteiger partial charge >= 0.3 is 12.1 Å². The van der Waals surface area contributed by atoms with Crippen molar-refractivity contribution < 1.29 is 27.5 Å². The monoisotopic (exact) mass is 343 g/mol. The van der Waals surface area contributed by atoms with E-state index in [2.05, 4.69) is 5.32 Å². The Labute approximate surface area is 133 Å². The Bertz CT molecular complexity index is 725. The molecule has 0 atom stereocenters. The number of benzene rings is 1. The van der Waals surface area contributed by atoms with Gasteiger partial charge in [-0.05, 0) is 36.6 Å². The van der Waals surface area contributed by atoms with Gasteiger partial charge in [0.2, 0.25) is 0 Å². The Morgan fingerprint density at radius 2 is 2.00 bits per heavy atom. The summed E-state index contributed by atoms with van der Waals surface area (Å²) in [5, 5.41) is 4.24. The molecular formula is C15H12F3NO3S. The maximum atomic E-state index is 12.7. The van der Waals surface area contributed by atoms with Crippen LogP contribution in [-0.4, -0.2) is 18.5 Å². The standard InChI is InChI=1S/C15H12F3NO3S/c1-2-22-14(21)11-6-7-23-13(11)19-12(20)9-4-3-5-10(8-9)15(16,17)18/h3-8H,2H2,1H3,(H,19,20). The van der Waals surface area contributed by atoms with E-state index in [1.54, 1.807) is 12.3 Å². The second kappa shape index (κ2) is 6.82. The number of alkyl halides is 3. The molecule has 0 spiro atoms. The average molecular weight is 343 g/mol. The van der Waals surface area contributed by atoms with Gasteiger partial charge in [-0.2, -0.15) is 13.2 Å². The molecule has 0 fully saturated rings. The lowest BCUT2D eigenvalue weighted by Crippen LogP contribution is -2.15. The van der Waals surface area contributed by atoms with Crippen molar-refractivity contribution in [2.75, 3.05) is 11.9 Å². The summed E-state index contributed by atoms with van der Waals surface area (Å²) in [4.78, 5) is 23.8. The summed E-state index contributed by atoms with van der Waals surface area (Å²) in [6.45, 7) is 1.82. The van der Waals surface area contributed by atoms with Crippen LogP contribution in [0.3, 0.4) is 0 Å². The average Bonchev–Trinajstić information content (AvgIpc) is 2.95. The summed E-state index contributed by atoms with van der Waals surface area (Å²) >= 11 is 1.08. The molecule has 0 saturated heterocycles. The number of rotatable bonds is 4. The molecule has 23 heavy (non-hydrogen) atoms. The topological polar surface area (TPSA) is 55.4 Å². The van der Waals surface area contributed by atoms with Crippen LogP contribution in [0.2, 0.25) is 0 Å². The Hall–Kier alpha value is -2.35. The van der Waals surface area contributed by atoms with Crippen molar-refractivity contribution in [2.24, 2.45) is 0 Å². The molecule has 1 aromatic carbocycles. The second-order valence-corrected chi connectivity index (χ2v) is 5.33. The summed E-state index contributed by atoms with van der Waals surface area (Å²) in [7, 11) is 0. The smallest absolute Gasteiger partial charge is 0.416 e. The predicted molar refractivity (Wildman–Crippen MR) is 79.7 cm³/mol. The summed E-state index contributed by atoms with van der Waals surface area (Å²) in [6.07, 6.45) is -4.53. The third-order valence-electron chi connectivity index (χ3n) is 2.84. The zero-order chi connectivity index (χ0) is 17.0. The van der Waals surface area contributed by atoms with Crippen LogP contribution in [0.15, 0.2) is 35.7 Å².